The van der Waals surface area contributed by atoms with Gasteiger partial charge >= 0.3 is 0 Å². The minimum atomic E-state index is 0.00554. The molecule has 2 fully saturated rings. The normalized spacial score (nSPS) is 24.9. The van der Waals surface area contributed by atoms with E-state index in [1.54, 1.807) is 0 Å². The van der Waals surface area contributed by atoms with Crippen LogP contribution in [0.3, 0.4) is 0 Å². The number of pyridine rings is 1. The zero-order valence-corrected chi connectivity index (χ0v) is 14.8. The zero-order chi connectivity index (χ0) is 17.2. The Morgan fingerprint density at radius 3 is 2.62 bits per heavy atom. The minimum absolute atomic E-state index is 0.00554. The largest absolute Gasteiger partial charge is 0.354 e. The topological polar surface area (TPSA) is 65.7 Å². The van der Waals surface area contributed by atoms with Crippen LogP contribution in [-0.4, -0.2) is 72.5 Å². The maximum absolute atomic E-state index is 12.6. The summed E-state index contributed by atoms with van der Waals surface area (Å²) < 4.78 is 0. The number of aromatic nitrogens is 1. The number of rotatable bonds is 3. The number of carbonyl (C=O) groups is 1. The summed E-state index contributed by atoms with van der Waals surface area (Å²) in [5.74, 6) is 1.26. The first-order valence-electron chi connectivity index (χ1n) is 8.87. The number of amides is 1. The molecule has 0 bridgehead atoms. The lowest BCUT2D eigenvalue weighted by Gasteiger charge is -2.43. The molecule has 6 nitrogen and oxygen atoms in total. The lowest BCUT2D eigenvalue weighted by Crippen LogP contribution is -2.56. The van der Waals surface area contributed by atoms with Crippen molar-refractivity contribution >= 4 is 11.7 Å². The lowest BCUT2D eigenvalue weighted by molar-refractivity contribution is -0.135. The summed E-state index contributed by atoms with van der Waals surface area (Å²) in [7, 11) is 0. The maximum Gasteiger partial charge on any atom is 0.236 e. The van der Waals surface area contributed by atoms with Crippen molar-refractivity contribution in [1.82, 2.24) is 14.8 Å². The number of nitrogens with zero attached hydrogens (tertiary/aromatic N) is 4. The summed E-state index contributed by atoms with van der Waals surface area (Å²) in [4.78, 5) is 23.6. The van der Waals surface area contributed by atoms with E-state index < -0.39 is 0 Å². The highest BCUT2D eigenvalue weighted by Crippen LogP contribution is 2.27. The minimum Gasteiger partial charge on any atom is -0.354 e. The molecule has 3 rings (SSSR count). The third-order valence-electron chi connectivity index (χ3n) is 5.37. The van der Waals surface area contributed by atoms with E-state index in [2.05, 4.69) is 28.6 Å². The first kappa shape index (κ1) is 17.2. The van der Waals surface area contributed by atoms with Gasteiger partial charge in [-0.1, -0.05) is 19.9 Å². The molecule has 132 valence electrons. The highest BCUT2D eigenvalue weighted by molar-refractivity contribution is 5.78. The Labute approximate surface area is 144 Å². The van der Waals surface area contributed by atoms with Crippen molar-refractivity contribution in [3.8, 4) is 0 Å². The molecule has 2 N–H and O–H groups in total. The summed E-state index contributed by atoms with van der Waals surface area (Å²) in [5.41, 5.74) is 6.18. The van der Waals surface area contributed by atoms with Gasteiger partial charge in [0, 0.05) is 51.5 Å². The quantitative estimate of drug-likeness (QED) is 0.887. The SMILES string of the molecule is CC1(C)CN(C(=O)CN2CCN(c3ccccn3)CC2)CCC1N. The molecule has 1 aromatic rings. The molecule has 6 heteroatoms. The van der Waals surface area contributed by atoms with Crippen LogP contribution in [0.15, 0.2) is 24.4 Å². The molecule has 1 amide bonds. The van der Waals surface area contributed by atoms with Crippen LogP contribution in [0.2, 0.25) is 0 Å². The van der Waals surface area contributed by atoms with Crippen molar-refractivity contribution in [2.45, 2.75) is 26.3 Å². The summed E-state index contributed by atoms with van der Waals surface area (Å²) >= 11 is 0. The number of piperazine rings is 1. The maximum atomic E-state index is 12.6. The van der Waals surface area contributed by atoms with Gasteiger partial charge in [0.05, 0.1) is 6.54 Å². The highest BCUT2D eigenvalue weighted by atomic mass is 16.2. The summed E-state index contributed by atoms with van der Waals surface area (Å²) in [5, 5.41) is 0. The molecule has 2 saturated heterocycles. The Balaban J connectivity index is 1.48. The summed E-state index contributed by atoms with van der Waals surface area (Å²) in [6.07, 6.45) is 2.72. The second kappa shape index (κ2) is 7.07. The second-order valence-corrected chi connectivity index (χ2v) is 7.65. The number of nitrogens with two attached hydrogens (primary N) is 1. The van der Waals surface area contributed by atoms with Crippen LogP contribution in [-0.2, 0) is 4.79 Å². The molecule has 0 spiro atoms. The zero-order valence-electron chi connectivity index (χ0n) is 14.8. The molecule has 2 aliphatic rings. The first-order chi connectivity index (χ1) is 11.5. The van der Waals surface area contributed by atoms with Gasteiger partial charge in [0.2, 0.25) is 5.91 Å². The molecule has 24 heavy (non-hydrogen) atoms. The number of hydrogen-bond acceptors (Lipinski definition) is 5. The van der Waals surface area contributed by atoms with Crippen molar-refractivity contribution in [1.29, 1.82) is 0 Å². The van der Waals surface area contributed by atoms with Crippen molar-refractivity contribution in [2.75, 3.05) is 50.7 Å². The predicted molar refractivity (Wildman–Crippen MR) is 95.8 cm³/mol. The van der Waals surface area contributed by atoms with Crippen molar-refractivity contribution in [2.24, 2.45) is 11.1 Å². The fourth-order valence-electron chi connectivity index (χ4n) is 3.55. The molecule has 0 aliphatic carbocycles. The van der Waals surface area contributed by atoms with Gasteiger partial charge in [-0.25, -0.2) is 4.98 Å². The van der Waals surface area contributed by atoms with Crippen molar-refractivity contribution < 1.29 is 4.79 Å². The molecular formula is C18H29N5O. The van der Waals surface area contributed by atoms with Crippen molar-refractivity contribution in [3.63, 3.8) is 0 Å². The van der Waals surface area contributed by atoms with Crippen LogP contribution in [0, 0.1) is 5.41 Å². The fraction of sp³-hybridized carbons (Fsp3) is 0.667. The van der Waals surface area contributed by atoms with E-state index in [4.69, 9.17) is 5.73 Å². The van der Waals surface area contributed by atoms with Gasteiger partial charge in [0.15, 0.2) is 0 Å². The van der Waals surface area contributed by atoms with E-state index in [1.165, 1.54) is 0 Å². The highest BCUT2D eigenvalue weighted by Gasteiger charge is 2.35. The van der Waals surface area contributed by atoms with Gasteiger partial charge in [0.1, 0.15) is 5.82 Å². The van der Waals surface area contributed by atoms with E-state index in [0.29, 0.717) is 6.54 Å². The van der Waals surface area contributed by atoms with Crippen LogP contribution >= 0.6 is 0 Å². The van der Waals surface area contributed by atoms with Crippen LogP contribution < -0.4 is 10.6 Å². The predicted octanol–water partition coefficient (Wildman–Crippen LogP) is 0.789. The van der Waals surface area contributed by atoms with E-state index >= 15 is 0 Å². The molecule has 0 radical (unpaired) electrons. The van der Waals surface area contributed by atoms with E-state index in [0.717, 1.165) is 51.5 Å². The standard InChI is InChI=1S/C18H29N5O/c1-18(2)14-23(8-6-15(18)19)17(24)13-21-9-11-22(12-10-21)16-5-3-4-7-20-16/h3-5,7,15H,6,8-14,19H2,1-2H3. The molecule has 1 aromatic heterocycles. The molecular weight excluding hydrogens is 302 g/mol. The van der Waals surface area contributed by atoms with Crippen molar-refractivity contribution in [3.05, 3.63) is 24.4 Å². The third-order valence-corrected chi connectivity index (χ3v) is 5.37. The molecule has 0 aromatic carbocycles. The van der Waals surface area contributed by atoms with E-state index in [9.17, 15) is 4.79 Å². The Bertz CT molecular complexity index is 554. The molecule has 1 atom stereocenters. The van der Waals surface area contributed by atoms with Crippen LogP contribution in [0.1, 0.15) is 20.3 Å². The Kier molecular flexibility index (Phi) is 5.06. The number of anilines is 1. The smallest absolute Gasteiger partial charge is 0.236 e. The van der Waals surface area contributed by atoms with Gasteiger partial charge < -0.3 is 15.5 Å². The van der Waals surface area contributed by atoms with Gasteiger partial charge in [0.25, 0.3) is 0 Å². The van der Waals surface area contributed by atoms with E-state index in [1.807, 2.05) is 29.3 Å². The van der Waals surface area contributed by atoms with Crippen LogP contribution in [0.4, 0.5) is 5.82 Å². The van der Waals surface area contributed by atoms with Gasteiger partial charge in [-0.2, -0.15) is 0 Å². The van der Waals surface area contributed by atoms with Crippen LogP contribution in [0.25, 0.3) is 0 Å². The number of piperidine rings is 1. The van der Waals surface area contributed by atoms with Gasteiger partial charge in [-0.15, -0.1) is 0 Å². The van der Waals surface area contributed by atoms with Gasteiger partial charge in [-0.05, 0) is 24.0 Å². The van der Waals surface area contributed by atoms with E-state index in [-0.39, 0.29) is 17.4 Å². The number of hydrogen-bond donors (Lipinski definition) is 1. The average molecular weight is 331 g/mol. The fourth-order valence-corrected chi connectivity index (χ4v) is 3.55. The lowest BCUT2D eigenvalue weighted by atomic mass is 9.79. The average Bonchev–Trinajstić information content (AvgIpc) is 2.58. The summed E-state index contributed by atoms with van der Waals surface area (Å²) in [6.45, 7) is 10.0. The number of carbonyl (C=O) groups excluding carboxylic acids is 1. The van der Waals surface area contributed by atoms with Gasteiger partial charge in [-0.3, -0.25) is 9.69 Å². The van der Waals surface area contributed by atoms with Crippen LogP contribution in [0.5, 0.6) is 0 Å². The molecule has 1 unspecified atom stereocenters. The Hall–Kier alpha value is -1.66. The third kappa shape index (κ3) is 3.87. The second-order valence-electron chi connectivity index (χ2n) is 7.65. The summed E-state index contributed by atoms with van der Waals surface area (Å²) in [6, 6.07) is 6.18. The monoisotopic (exact) mass is 331 g/mol. The Morgan fingerprint density at radius 2 is 2.00 bits per heavy atom. The number of likely N-dealkylation sites (tertiary alicyclic amines) is 1. The molecule has 2 aliphatic heterocycles. The molecule has 3 heterocycles. The molecule has 0 saturated carbocycles. The first-order valence-corrected chi connectivity index (χ1v) is 8.87. The Morgan fingerprint density at radius 1 is 1.25 bits per heavy atom.